The number of rotatable bonds is 4. The van der Waals surface area contributed by atoms with Crippen LogP contribution in [0.1, 0.15) is 22.4 Å². The average molecular weight is 252 g/mol. The zero-order valence-electron chi connectivity index (χ0n) is 11.2. The van der Waals surface area contributed by atoms with E-state index < -0.39 is 0 Å². The fourth-order valence-electron chi connectivity index (χ4n) is 1.93. The lowest BCUT2D eigenvalue weighted by Gasteiger charge is -2.05. The molecule has 0 spiro atoms. The van der Waals surface area contributed by atoms with Crippen LogP contribution >= 0.6 is 0 Å². The Balaban J connectivity index is 2.02. The second-order valence-electron chi connectivity index (χ2n) is 4.45. The van der Waals surface area contributed by atoms with Crippen molar-refractivity contribution in [2.24, 2.45) is 0 Å². The van der Waals surface area contributed by atoms with Gasteiger partial charge in [-0.3, -0.25) is 4.98 Å². The summed E-state index contributed by atoms with van der Waals surface area (Å²) in [6.07, 6.45) is 3.46. The van der Waals surface area contributed by atoms with Gasteiger partial charge in [-0.1, -0.05) is 12.1 Å². The van der Waals surface area contributed by atoms with Crippen molar-refractivity contribution in [2.45, 2.75) is 19.8 Å². The summed E-state index contributed by atoms with van der Waals surface area (Å²) >= 11 is 0. The van der Waals surface area contributed by atoms with Crippen molar-refractivity contribution >= 4 is 0 Å². The maximum atomic E-state index is 8.86. The van der Waals surface area contributed by atoms with E-state index in [-0.39, 0.29) is 0 Å². The van der Waals surface area contributed by atoms with Gasteiger partial charge in [0.25, 0.3) is 0 Å². The van der Waals surface area contributed by atoms with E-state index in [0.29, 0.717) is 5.56 Å². The number of methoxy groups -OCH3 is 1. The zero-order chi connectivity index (χ0) is 13.7. The zero-order valence-corrected chi connectivity index (χ0v) is 11.2. The largest absolute Gasteiger partial charge is 0.497 e. The van der Waals surface area contributed by atoms with Gasteiger partial charge in [-0.25, -0.2) is 0 Å². The maximum absolute atomic E-state index is 8.86. The Bertz CT molecular complexity index is 597. The number of aromatic nitrogens is 1. The van der Waals surface area contributed by atoms with E-state index in [9.17, 15) is 0 Å². The first kappa shape index (κ1) is 13.1. The Morgan fingerprint density at radius 1 is 1.21 bits per heavy atom. The second-order valence-corrected chi connectivity index (χ2v) is 4.45. The Morgan fingerprint density at radius 2 is 1.95 bits per heavy atom. The number of hydrogen-bond donors (Lipinski definition) is 0. The van der Waals surface area contributed by atoms with Crippen LogP contribution in [0.5, 0.6) is 5.75 Å². The molecule has 0 amide bonds. The minimum absolute atomic E-state index is 0.646. The molecule has 0 bridgehead atoms. The molecule has 3 heteroatoms. The molecule has 0 aliphatic heterocycles. The molecule has 3 nitrogen and oxygen atoms in total. The van der Waals surface area contributed by atoms with Gasteiger partial charge >= 0.3 is 0 Å². The van der Waals surface area contributed by atoms with Crippen molar-refractivity contribution in [2.75, 3.05) is 7.11 Å². The molecule has 0 N–H and O–H groups in total. The van der Waals surface area contributed by atoms with Crippen LogP contribution in [-0.4, -0.2) is 12.1 Å². The van der Waals surface area contributed by atoms with Crippen molar-refractivity contribution in [3.05, 3.63) is 58.9 Å². The highest BCUT2D eigenvalue weighted by Crippen LogP contribution is 2.14. The Labute approximate surface area is 113 Å². The van der Waals surface area contributed by atoms with Crippen LogP contribution in [0, 0.1) is 18.3 Å². The number of benzene rings is 1. The molecule has 0 aliphatic carbocycles. The summed E-state index contributed by atoms with van der Waals surface area (Å²) in [6.45, 7) is 1.94. The summed E-state index contributed by atoms with van der Waals surface area (Å²) in [5.74, 6) is 0.871. The van der Waals surface area contributed by atoms with Crippen LogP contribution < -0.4 is 4.74 Å². The fourth-order valence-corrected chi connectivity index (χ4v) is 1.93. The van der Waals surface area contributed by atoms with Crippen molar-refractivity contribution in [3.8, 4) is 11.8 Å². The molecule has 2 aromatic rings. The van der Waals surface area contributed by atoms with Crippen LogP contribution in [0.3, 0.4) is 0 Å². The van der Waals surface area contributed by atoms with Crippen molar-refractivity contribution < 1.29 is 4.74 Å². The van der Waals surface area contributed by atoms with Gasteiger partial charge in [-0.15, -0.1) is 0 Å². The molecule has 19 heavy (non-hydrogen) atoms. The Morgan fingerprint density at radius 3 is 2.53 bits per heavy atom. The highest BCUT2D eigenvalue weighted by Gasteiger charge is 2.02. The lowest BCUT2D eigenvalue weighted by Crippen LogP contribution is -1.97. The SMILES string of the molecule is COc1ccc(CCc2cc(C)c(C#N)cn2)cc1. The van der Waals surface area contributed by atoms with Crippen LogP contribution in [0.4, 0.5) is 0 Å². The quantitative estimate of drug-likeness (QED) is 0.840. The van der Waals surface area contributed by atoms with Gasteiger partial charge in [0, 0.05) is 11.9 Å². The van der Waals surface area contributed by atoms with Gasteiger partial charge in [-0.2, -0.15) is 5.26 Å². The van der Waals surface area contributed by atoms with Gasteiger partial charge in [0.2, 0.25) is 0 Å². The maximum Gasteiger partial charge on any atom is 0.118 e. The lowest BCUT2D eigenvalue weighted by atomic mass is 10.1. The average Bonchev–Trinajstić information content (AvgIpc) is 2.46. The first-order valence-electron chi connectivity index (χ1n) is 6.21. The molecular formula is C16H16N2O. The molecule has 96 valence electrons. The normalized spacial score (nSPS) is 9.95. The molecule has 1 aromatic carbocycles. The molecule has 2 rings (SSSR count). The molecule has 0 fully saturated rings. The van der Waals surface area contributed by atoms with Crippen LogP contribution in [0.25, 0.3) is 0 Å². The second kappa shape index (κ2) is 6.01. The first-order valence-corrected chi connectivity index (χ1v) is 6.21. The minimum Gasteiger partial charge on any atom is -0.497 e. The molecule has 0 atom stereocenters. The van der Waals surface area contributed by atoms with Crippen molar-refractivity contribution in [1.29, 1.82) is 5.26 Å². The topological polar surface area (TPSA) is 45.9 Å². The van der Waals surface area contributed by atoms with E-state index in [4.69, 9.17) is 10.00 Å². The summed E-state index contributed by atoms with van der Waals surface area (Å²) in [5, 5.41) is 8.86. The van der Waals surface area contributed by atoms with Gasteiger partial charge in [-0.05, 0) is 49.1 Å². The lowest BCUT2D eigenvalue weighted by molar-refractivity contribution is 0.414. The molecule has 0 radical (unpaired) electrons. The summed E-state index contributed by atoms with van der Waals surface area (Å²) < 4.78 is 5.13. The minimum atomic E-state index is 0.646. The molecular weight excluding hydrogens is 236 g/mol. The summed E-state index contributed by atoms with van der Waals surface area (Å²) in [5.41, 5.74) is 3.91. The number of ether oxygens (including phenoxy) is 1. The number of hydrogen-bond acceptors (Lipinski definition) is 3. The third-order valence-electron chi connectivity index (χ3n) is 3.12. The monoisotopic (exact) mass is 252 g/mol. The predicted octanol–water partition coefficient (Wildman–Crippen LogP) is 3.06. The molecule has 1 heterocycles. The van der Waals surface area contributed by atoms with E-state index in [0.717, 1.165) is 29.8 Å². The van der Waals surface area contributed by atoms with Gasteiger partial charge in [0.05, 0.1) is 12.7 Å². The fraction of sp³-hybridized carbons (Fsp3) is 0.250. The molecule has 0 aliphatic rings. The van der Waals surface area contributed by atoms with E-state index in [1.54, 1.807) is 13.3 Å². The van der Waals surface area contributed by atoms with Crippen LogP contribution in [0.2, 0.25) is 0 Å². The summed E-state index contributed by atoms with van der Waals surface area (Å²) in [4.78, 5) is 4.31. The standard InChI is InChI=1S/C16H16N2O/c1-12-9-15(18-11-14(12)10-17)6-3-13-4-7-16(19-2)8-5-13/h4-5,7-9,11H,3,6H2,1-2H3. The predicted molar refractivity (Wildman–Crippen MR) is 74.1 cm³/mol. The summed E-state index contributed by atoms with van der Waals surface area (Å²) in [7, 11) is 1.67. The number of aryl methyl sites for hydroxylation is 3. The van der Waals surface area contributed by atoms with Crippen molar-refractivity contribution in [1.82, 2.24) is 4.98 Å². The number of nitrogens with zero attached hydrogens (tertiary/aromatic N) is 2. The highest BCUT2D eigenvalue weighted by molar-refractivity contribution is 5.35. The van der Waals surface area contributed by atoms with E-state index in [1.165, 1.54) is 5.56 Å². The van der Waals surface area contributed by atoms with Crippen LogP contribution in [0.15, 0.2) is 36.5 Å². The number of pyridine rings is 1. The van der Waals surface area contributed by atoms with E-state index >= 15 is 0 Å². The van der Waals surface area contributed by atoms with E-state index in [2.05, 4.69) is 23.2 Å². The first-order chi connectivity index (χ1) is 9.22. The third-order valence-corrected chi connectivity index (χ3v) is 3.12. The summed E-state index contributed by atoms with van der Waals surface area (Å²) in [6, 6.07) is 12.2. The van der Waals surface area contributed by atoms with Gasteiger partial charge in [0.15, 0.2) is 0 Å². The van der Waals surface area contributed by atoms with Gasteiger partial charge in [0.1, 0.15) is 11.8 Å². The third kappa shape index (κ3) is 3.32. The highest BCUT2D eigenvalue weighted by atomic mass is 16.5. The van der Waals surface area contributed by atoms with E-state index in [1.807, 2.05) is 25.1 Å². The Kier molecular flexibility index (Phi) is 4.15. The smallest absolute Gasteiger partial charge is 0.118 e. The molecule has 1 aromatic heterocycles. The Hall–Kier alpha value is -2.34. The van der Waals surface area contributed by atoms with Crippen LogP contribution in [-0.2, 0) is 12.8 Å². The molecule has 0 unspecified atom stereocenters. The van der Waals surface area contributed by atoms with Gasteiger partial charge < -0.3 is 4.74 Å². The molecule has 0 saturated heterocycles. The molecule has 0 saturated carbocycles. The number of nitriles is 1. The van der Waals surface area contributed by atoms with Crippen molar-refractivity contribution in [3.63, 3.8) is 0 Å².